The van der Waals surface area contributed by atoms with Crippen LogP contribution in [-0.4, -0.2) is 35.1 Å². The van der Waals surface area contributed by atoms with Crippen LogP contribution in [0, 0.1) is 0 Å². The molecule has 2 N–H and O–H groups in total. The van der Waals surface area contributed by atoms with Gasteiger partial charge in [-0.25, -0.2) is 4.79 Å². The van der Waals surface area contributed by atoms with Gasteiger partial charge in [-0.15, -0.1) is 0 Å². The molecule has 1 aliphatic heterocycles. The van der Waals surface area contributed by atoms with Crippen LogP contribution in [0.25, 0.3) is 11.1 Å². The van der Waals surface area contributed by atoms with Crippen LogP contribution in [0.2, 0.25) is 0 Å². The number of hydrogen-bond acceptors (Lipinski definition) is 2. The Bertz CT molecular complexity index is 1170. The fourth-order valence-electron chi connectivity index (χ4n) is 4.21. The van der Waals surface area contributed by atoms with E-state index in [2.05, 4.69) is 5.32 Å². The Balaban J connectivity index is 1.46. The van der Waals surface area contributed by atoms with Crippen molar-refractivity contribution in [3.63, 3.8) is 0 Å². The highest BCUT2D eigenvalue weighted by Crippen LogP contribution is 2.32. The summed E-state index contributed by atoms with van der Waals surface area (Å²) in [5, 5.41) is 11.9. The number of rotatable bonds is 4. The lowest BCUT2D eigenvalue weighted by Crippen LogP contribution is -2.36. The molecule has 3 aromatic carbocycles. The maximum Gasteiger partial charge on any atom is 0.416 e. The minimum atomic E-state index is -4.42. The number of carbonyl (C=O) groups excluding carboxylic acids is 1. The van der Waals surface area contributed by atoms with Gasteiger partial charge in [-0.1, -0.05) is 42.5 Å². The number of hydrogen-bond donors (Lipinski definition) is 2. The van der Waals surface area contributed by atoms with Crippen molar-refractivity contribution in [3.05, 3.63) is 89.5 Å². The highest BCUT2D eigenvalue weighted by Gasteiger charge is 2.30. The van der Waals surface area contributed by atoms with E-state index < -0.39 is 17.8 Å². The first-order valence-electron chi connectivity index (χ1n) is 10.9. The van der Waals surface area contributed by atoms with Crippen molar-refractivity contribution < 1.29 is 27.9 Å². The normalized spacial score (nSPS) is 14.6. The monoisotopic (exact) mass is 468 g/mol. The molecule has 1 aliphatic rings. The lowest BCUT2D eigenvalue weighted by molar-refractivity contribution is -0.137. The summed E-state index contributed by atoms with van der Waals surface area (Å²) in [5.41, 5.74) is 2.35. The van der Waals surface area contributed by atoms with E-state index in [0.29, 0.717) is 35.5 Å². The molecule has 0 aromatic heterocycles. The number of halogens is 3. The van der Waals surface area contributed by atoms with Gasteiger partial charge in [0.2, 0.25) is 0 Å². The first-order chi connectivity index (χ1) is 16.2. The molecule has 0 spiro atoms. The molecule has 1 fully saturated rings. The number of likely N-dealkylation sites (tertiary alicyclic amines) is 1. The summed E-state index contributed by atoms with van der Waals surface area (Å²) in [6.45, 7) is 0.998. The predicted molar refractivity (Wildman–Crippen MR) is 123 cm³/mol. The SMILES string of the molecule is O=C(Nc1ccc(C2CCN(C(=O)O)CC2)cc1)c1ccccc1-c1ccc(C(F)(F)F)cc1. The van der Waals surface area contributed by atoms with Crippen molar-refractivity contribution in [2.24, 2.45) is 0 Å². The van der Waals surface area contributed by atoms with Crippen molar-refractivity contribution in [1.82, 2.24) is 4.90 Å². The van der Waals surface area contributed by atoms with Gasteiger partial charge >= 0.3 is 12.3 Å². The Morgan fingerprint density at radius 3 is 2.09 bits per heavy atom. The lowest BCUT2D eigenvalue weighted by atomic mass is 9.89. The number of carboxylic acid groups (broad SMARTS) is 1. The number of amides is 2. The van der Waals surface area contributed by atoms with Gasteiger partial charge in [-0.05, 0) is 65.8 Å². The number of alkyl halides is 3. The summed E-state index contributed by atoms with van der Waals surface area (Å²) in [7, 11) is 0. The molecule has 4 rings (SSSR count). The third-order valence-electron chi connectivity index (χ3n) is 6.10. The van der Waals surface area contributed by atoms with Gasteiger partial charge in [0.05, 0.1) is 5.56 Å². The topological polar surface area (TPSA) is 69.6 Å². The number of nitrogens with one attached hydrogen (secondary N) is 1. The average molecular weight is 468 g/mol. The molecule has 0 radical (unpaired) electrons. The molecule has 2 amide bonds. The van der Waals surface area contributed by atoms with E-state index in [1.54, 1.807) is 36.4 Å². The van der Waals surface area contributed by atoms with E-state index in [-0.39, 0.29) is 11.8 Å². The van der Waals surface area contributed by atoms with Gasteiger partial charge in [-0.2, -0.15) is 13.2 Å². The first-order valence-corrected chi connectivity index (χ1v) is 10.9. The molecule has 0 unspecified atom stereocenters. The van der Waals surface area contributed by atoms with Gasteiger partial charge < -0.3 is 15.3 Å². The Hall–Kier alpha value is -3.81. The van der Waals surface area contributed by atoms with Gasteiger partial charge in [0.1, 0.15) is 0 Å². The fourth-order valence-corrected chi connectivity index (χ4v) is 4.21. The van der Waals surface area contributed by atoms with E-state index in [9.17, 15) is 22.8 Å². The average Bonchev–Trinajstić information content (AvgIpc) is 2.84. The quantitative estimate of drug-likeness (QED) is 0.460. The van der Waals surface area contributed by atoms with Gasteiger partial charge in [-0.3, -0.25) is 4.79 Å². The minimum Gasteiger partial charge on any atom is -0.465 e. The molecule has 0 saturated carbocycles. The van der Waals surface area contributed by atoms with E-state index in [4.69, 9.17) is 5.11 Å². The number of piperidine rings is 1. The Kier molecular flexibility index (Phi) is 6.58. The second-order valence-electron chi connectivity index (χ2n) is 8.24. The highest BCUT2D eigenvalue weighted by molar-refractivity contribution is 6.08. The number of carbonyl (C=O) groups is 2. The lowest BCUT2D eigenvalue weighted by Gasteiger charge is -2.30. The number of nitrogens with zero attached hydrogens (tertiary/aromatic N) is 1. The molecule has 5 nitrogen and oxygen atoms in total. The van der Waals surface area contributed by atoms with Crippen LogP contribution in [-0.2, 0) is 6.18 Å². The molecule has 8 heteroatoms. The number of benzene rings is 3. The highest BCUT2D eigenvalue weighted by atomic mass is 19.4. The number of anilines is 1. The summed E-state index contributed by atoms with van der Waals surface area (Å²) in [6, 6.07) is 19.0. The zero-order chi connectivity index (χ0) is 24.3. The zero-order valence-electron chi connectivity index (χ0n) is 18.2. The Morgan fingerprint density at radius 1 is 0.882 bits per heavy atom. The molecule has 3 aromatic rings. The zero-order valence-corrected chi connectivity index (χ0v) is 18.2. The maximum atomic E-state index is 13.0. The standard InChI is InChI=1S/C26H23F3N2O3/c27-26(28,29)20-9-5-19(6-10-20)22-3-1-2-4-23(22)24(32)30-21-11-7-17(8-12-21)18-13-15-31(16-14-18)25(33)34/h1-12,18H,13-16H2,(H,30,32)(H,33,34). The summed E-state index contributed by atoms with van der Waals surface area (Å²) >= 11 is 0. The van der Waals surface area contributed by atoms with E-state index in [1.807, 2.05) is 12.1 Å². The molecular formula is C26H23F3N2O3. The van der Waals surface area contributed by atoms with Crippen molar-refractivity contribution in [2.75, 3.05) is 18.4 Å². The predicted octanol–water partition coefficient (Wildman–Crippen LogP) is 6.48. The Labute approximate surface area is 194 Å². The van der Waals surface area contributed by atoms with Gasteiger partial charge in [0, 0.05) is 24.3 Å². The second-order valence-corrected chi connectivity index (χ2v) is 8.24. The molecule has 0 aliphatic carbocycles. The summed E-state index contributed by atoms with van der Waals surface area (Å²) in [4.78, 5) is 25.5. The fraction of sp³-hybridized carbons (Fsp3) is 0.231. The van der Waals surface area contributed by atoms with Gasteiger partial charge in [0.15, 0.2) is 0 Å². The van der Waals surface area contributed by atoms with Crippen LogP contribution in [0.1, 0.15) is 40.2 Å². The molecule has 0 atom stereocenters. The van der Waals surface area contributed by atoms with Crippen molar-refractivity contribution in [3.8, 4) is 11.1 Å². The van der Waals surface area contributed by atoms with Crippen LogP contribution < -0.4 is 5.32 Å². The summed E-state index contributed by atoms with van der Waals surface area (Å²) < 4.78 is 38.6. The smallest absolute Gasteiger partial charge is 0.416 e. The molecule has 34 heavy (non-hydrogen) atoms. The van der Waals surface area contributed by atoms with Crippen LogP contribution in [0.15, 0.2) is 72.8 Å². The van der Waals surface area contributed by atoms with Gasteiger partial charge in [0.25, 0.3) is 5.91 Å². The van der Waals surface area contributed by atoms with Crippen LogP contribution in [0.4, 0.5) is 23.7 Å². The van der Waals surface area contributed by atoms with Crippen molar-refractivity contribution in [1.29, 1.82) is 0 Å². The largest absolute Gasteiger partial charge is 0.465 e. The van der Waals surface area contributed by atoms with E-state index >= 15 is 0 Å². The molecular weight excluding hydrogens is 445 g/mol. The van der Waals surface area contributed by atoms with Crippen molar-refractivity contribution >= 4 is 17.7 Å². The third kappa shape index (κ3) is 5.22. The Morgan fingerprint density at radius 2 is 1.50 bits per heavy atom. The van der Waals surface area contributed by atoms with Crippen LogP contribution >= 0.6 is 0 Å². The molecule has 1 heterocycles. The van der Waals surface area contributed by atoms with Crippen LogP contribution in [0.3, 0.4) is 0 Å². The molecule has 1 saturated heterocycles. The third-order valence-corrected chi connectivity index (χ3v) is 6.10. The van der Waals surface area contributed by atoms with E-state index in [1.165, 1.54) is 17.0 Å². The maximum absolute atomic E-state index is 13.0. The first kappa shape index (κ1) is 23.4. The molecule has 0 bridgehead atoms. The van der Waals surface area contributed by atoms with Crippen LogP contribution in [0.5, 0.6) is 0 Å². The minimum absolute atomic E-state index is 0.265. The molecule has 176 valence electrons. The summed E-state index contributed by atoms with van der Waals surface area (Å²) in [5.74, 6) is -0.0984. The summed E-state index contributed by atoms with van der Waals surface area (Å²) in [6.07, 6.45) is -3.82. The van der Waals surface area contributed by atoms with E-state index in [0.717, 1.165) is 30.5 Å². The van der Waals surface area contributed by atoms with Crippen molar-refractivity contribution in [2.45, 2.75) is 24.9 Å². The second kappa shape index (κ2) is 9.59.